The molecule has 0 aliphatic rings. The van der Waals surface area contributed by atoms with Crippen LogP contribution in [0.5, 0.6) is 0 Å². The van der Waals surface area contributed by atoms with Crippen LogP contribution in [0.3, 0.4) is 0 Å². The van der Waals surface area contributed by atoms with Crippen LogP contribution in [-0.4, -0.2) is 25.9 Å². The molecule has 110 valence electrons. The summed E-state index contributed by atoms with van der Waals surface area (Å²) in [6.45, 7) is 5.46. The molecule has 21 heavy (non-hydrogen) atoms. The SMILES string of the molecule is Cc1nnc(C(C)NC(=O)c2cc3c(C)nn(C)c3s2)o1. The van der Waals surface area contributed by atoms with Crippen LogP contribution in [0, 0.1) is 13.8 Å². The van der Waals surface area contributed by atoms with E-state index in [0.29, 0.717) is 16.7 Å². The molecule has 0 fully saturated rings. The van der Waals surface area contributed by atoms with Crippen LogP contribution < -0.4 is 5.32 Å². The first kappa shape index (κ1) is 13.7. The molecule has 0 aliphatic carbocycles. The molecule has 0 saturated heterocycles. The zero-order valence-electron chi connectivity index (χ0n) is 12.2. The summed E-state index contributed by atoms with van der Waals surface area (Å²) in [6.07, 6.45) is 0. The van der Waals surface area contributed by atoms with Gasteiger partial charge in [-0.15, -0.1) is 21.5 Å². The zero-order valence-corrected chi connectivity index (χ0v) is 13.0. The van der Waals surface area contributed by atoms with Gasteiger partial charge in [0.05, 0.1) is 10.6 Å². The quantitative estimate of drug-likeness (QED) is 0.801. The summed E-state index contributed by atoms with van der Waals surface area (Å²) < 4.78 is 7.11. The standard InChI is InChI=1S/C13H15N5O2S/c1-6-9-5-10(21-13(9)18(4)17-6)11(19)14-7(2)12-16-15-8(3)20-12/h5,7H,1-4H3,(H,14,19). The van der Waals surface area contributed by atoms with E-state index in [1.807, 2.05) is 27.0 Å². The van der Waals surface area contributed by atoms with Crippen molar-refractivity contribution in [3.8, 4) is 0 Å². The van der Waals surface area contributed by atoms with Gasteiger partial charge in [0.2, 0.25) is 11.8 Å². The summed E-state index contributed by atoms with van der Waals surface area (Å²) in [6, 6.07) is 1.53. The topological polar surface area (TPSA) is 85.8 Å². The average Bonchev–Trinajstić information content (AvgIpc) is 3.09. The number of rotatable bonds is 3. The molecule has 1 N–H and O–H groups in total. The van der Waals surface area contributed by atoms with Gasteiger partial charge in [0, 0.05) is 19.4 Å². The molecule has 1 atom stereocenters. The fraction of sp³-hybridized carbons (Fsp3) is 0.385. The average molecular weight is 305 g/mol. The molecule has 3 aromatic rings. The number of nitrogens with one attached hydrogen (secondary N) is 1. The van der Waals surface area contributed by atoms with Crippen molar-refractivity contribution in [3.05, 3.63) is 28.4 Å². The van der Waals surface area contributed by atoms with Crippen LogP contribution in [0.4, 0.5) is 0 Å². The smallest absolute Gasteiger partial charge is 0.262 e. The molecule has 0 aliphatic heterocycles. The number of carbonyl (C=O) groups is 1. The van der Waals surface area contributed by atoms with Crippen molar-refractivity contribution in [2.45, 2.75) is 26.8 Å². The minimum Gasteiger partial charge on any atom is -0.423 e. The Balaban J connectivity index is 1.82. The predicted octanol–water partition coefficient (Wildman–Crippen LogP) is 2.13. The lowest BCUT2D eigenvalue weighted by atomic mass is 10.3. The molecule has 7 nitrogen and oxygen atoms in total. The van der Waals surface area contributed by atoms with Crippen molar-refractivity contribution >= 4 is 27.5 Å². The number of fused-ring (bicyclic) bond motifs is 1. The Morgan fingerprint density at radius 3 is 2.81 bits per heavy atom. The number of carbonyl (C=O) groups excluding carboxylic acids is 1. The Kier molecular flexibility index (Phi) is 3.25. The first-order valence-electron chi connectivity index (χ1n) is 6.49. The van der Waals surface area contributed by atoms with Crippen molar-refractivity contribution in [3.63, 3.8) is 0 Å². The maximum atomic E-state index is 12.3. The second kappa shape index (κ2) is 4.96. The fourth-order valence-corrected chi connectivity index (χ4v) is 3.16. The van der Waals surface area contributed by atoms with Crippen molar-refractivity contribution in [2.75, 3.05) is 0 Å². The first-order valence-corrected chi connectivity index (χ1v) is 7.31. The van der Waals surface area contributed by atoms with E-state index in [9.17, 15) is 4.79 Å². The van der Waals surface area contributed by atoms with E-state index in [1.165, 1.54) is 11.3 Å². The van der Waals surface area contributed by atoms with Gasteiger partial charge in [-0.05, 0) is 19.9 Å². The van der Waals surface area contributed by atoms with Gasteiger partial charge in [0.1, 0.15) is 10.9 Å². The Labute approximate surface area is 125 Å². The maximum absolute atomic E-state index is 12.3. The Morgan fingerprint density at radius 2 is 2.19 bits per heavy atom. The molecule has 0 radical (unpaired) electrons. The minimum absolute atomic E-state index is 0.154. The summed E-state index contributed by atoms with van der Waals surface area (Å²) in [5.74, 6) is 0.730. The van der Waals surface area contributed by atoms with Crippen LogP contribution in [0.25, 0.3) is 10.2 Å². The van der Waals surface area contributed by atoms with Crippen molar-refractivity contribution < 1.29 is 9.21 Å². The van der Waals surface area contributed by atoms with E-state index in [2.05, 4.69) is 20.6 Å². The van der Waals surface area contributed by atoms with Gasteiger partial charge in [-0.1, -0.05) is 0 Å². The van der Waals surface area contributed by atoms with E-state index < -0.39 is 0 Å². The van der Waals surface area contributed by atoms with Crippen LogP contribution in [0.15, 0.2) is 10.5 Å². The zero-order chi connectivity index (χ0) is 15.1. The summed E-state index contributed by atoms with van der Waals surface area (Å²) >= 11 is 1.42. The fourth-order valence-electron chi connectivity index (χ4n) is 2.13. The largest absolute Gasteiger partial charge is 0.423 e. The number of nitrogens with zero attached hydrogens (tertiary/aromatic N) is 4. The molecule has 0 saturated carbocycles. The third kappa shape index (κ3) is 2.42. The Hall–Kier alpha value is -2.22. The summed E-state index contributed by atoms with van der Waals surface area (Å²) in [5, 5.41) is 15.9. The Bertz CT molecular complexity index is 781. The minimum atomic E-state index is -0.330. The number of aromatic nitrogens is 4. The lowest BCUT2D eigenvalue weighted by molar-refractivity contribution is 0.0938. The van der Waals surface area contributed by atoms with Crippen LogP contribution in [0.2, 0.25) is 0 Å². The highest BCUT2D eigenvalue weighted by Crippen LogP contribution is 2.28. The molecular weight excluding hydrogens is 290 g/mol. The highest BCUT2D eigenvalue weighted by molar-refractivity contribution is 7.20. The number of hydrogen-bond acceptors (Lipinski definition) is 6. The lowest BCUT2D eigenvalue weighted by Gasteiger charge is -2.08. The number of aryl methyl sites for hydroxylation is 3. The van der Waals surface area contributed by atoms with E-state index >= 15 is 0 Å². The van der Waals surface area contributed by atoms with E-state index in [4.69, 9.17) is 4.42 Å². The summed E-state index contributed by atoms with van der Waals surface area (Å²) in [7, 11) is 1.87. The van der Waals surface area contributed by atoms with Gasteiger partial charge in [0.15, 0.2) is 0 Å². The molecule has 8 heteroatoms. The van der Waals surface area contributed by atoms with Crippen LogP contribution >= 0.6 is 11.3 Å². The molecule has 1 amide bonds. The van der Waals surface area contributed by atoms with Gasteiger partial charge in [-0.2, -0.15) is 5.10 Å². The van der Waals surface area contributed by atoms with Crippen molar-refractivity contribution in [1.29, 1.82) is 0 Å². The normalized spacial score (nSPS) is 12.8. The van der Waals surface area contributed by atoms with Gasteiger partial charge in [0.25, 0.3) is 5.91 Å². The molecule has 3 rings (SSSR count). The highest BCUT2D eigenvalue weighted by atomic mass is 32.1. The maximum Gasteiger partial charge on any atom is 0.262 e. The van der Waals surface area contributed by atoms with Gasteiger partial charge < -0.3 is 9.73 Å². The second-order valence-corrected chi connectivity index (χ2v) is 5.92. The molecule has 3 aromatic heterocycles. The van der Waals surface area contributed by atoms with E-state index in [0.717, 1.165) is 15.9 Å². The first-order chi connectivity index (χ1) is 9.95. The molecule has 3 heterocycles. The van der Waals surface area contributed by atoms with Crippen molar-refractivity contribution in [2.24, 2.45) is 7.05 Å². The molecule has 1 unspecified atom stereocenters. The summed E-state index contributed by atoms with van der Waals surface area (Å²) in [4.78, 5) is 13.9. The predicted molar refractivity (Wildman–Crippen MR) is 78.2 cm³/mol. The third-order valence-electron chi connectivity index (χ3n) is 3.18. The van der Waals surface area contributed by atoms with Gasteiger partial charge in [-0.25, -0.2) is 0 Å². The van der Waals surface area contributed by atoms with E-state index in [1.54, 1.807) is 11.6 Å². The van der Waals surface area contributed by atoms with Gasteiger partial charge >= 0.3 is 0 Å². The Morgan fingerprint density at radius 1 is 1.43 bits per heavy atom. The van der Waals surface area contributed by atoms with Gasteiger partial charge in [-0.3, -0.25) is 9.48 Å². The highest BCUT2D eigenvalue weighted by Gasteiger charge is 2.19. The van der Waals surface area contributed by atoms with Crippen LogP contribution in [-0.2, 0) is 7.05 Å². The second-order valence-electron chi connectivity index (χ2n) is 4.89. The van der Waals surface area contributed by atoms with Crippen LogP contribution in [0.1, 0.15) is 40.1 Å². The van der Waals surface area contributed by atoms with Crippen molar-refractivity contribution in [1.82, 2.24) is 25.3 Å². The number of thiophene rings is 1. The van der Waals surface area contributed by atoms with E-state index in [-0.39, 0.29) is 11.9 Å². The monoisotopic (exact) mass is 305 g/mol. The molecular formula is C13H15N5O2S. The molecule has 0 aromatic carbocycles. The molecule has 0 bridgehead atoms. The lowest BCUT2D eigenvalue weighted by Crippen LogP contribution is -2.26. The number of hydrogen-bond donors (Lipinski definition) is 1. The summed E-state index contributed by atoms with van der Waals surface area (Å²) in [5.41, 5.74) is 0.920. The number of amides is 1. The third-order valence-corrected chi connectivity index (χ3v) is 4.38. The molecule has 0 spiro atoms.